The summed E-state index contributed by atoms with van der Waals surface area (Å²) in [7, 11) is 0. The molecule has 0 aromatic heterocycles. The lowest BCUT2D eigenvalue weighted by Gasteiger charge is -2.31. The lowest BCUT2D eigenvalue weighted by Crippen LogP contribution is -2.49. The van der Waals surface area contributed by atoms with E-state index < -0.39 is 6.04 Å². The molecule has 0 heterocycles. The van der Waals surface area contributed by atoms with Gasteiger partial charge in [-0.15, -0.1) is 11.8 Å². The largest absolute Gasteiger partial charge is 0.354 e. The molecule has 0 bridgehead atoms. The molecule has 2 amide bonds. The molecule has 0 spiro atoms. The van der Waals surface area contributed by atoms with Gasteiger partial charge in [0.1, 0.15) is 6.04 Å². The van der Waals surface area contributed by atoms with Gasteiger partial charge in [0.15, 0.2) is 0 Å². The maximum absolute atomic E-state index is 13.3. The van der Waals surface area contributed by atoms with Crippen LogP contribution in [-0.2, 0) is 16.1 Å². The van der Waals surface area contributed by atoms with Crippen LogP contribution in [-0.4, -0.2) is 35.1 Å². The molecule has 0 aliphatic carbocycles. The minimum absolute atomic E-state index is 0.111. The van der Waals surface area contributed by atoms with Crippen molar-refractivity contribution in [3.05, 3.63) is 63.1 Å². The molecule has 2 aromatic carbocycles. The molecular weight excluding hydrogens is 487 g/mol. The Morgan fingerprint density at radius 1 is 1.03 bits per heavy atom. The Morgan fingerprint density at radius 3 is 2.28 bits per heavy atom. The molecule has 2 aromatic rings. The second kappa shape index (κ2) is 14.0. The quantitative estimate of drug-likeness (QED) is 0.248. The number of halogens is 3. The number of nitrogens with zero attached hydrogens (tertiary/aromatic N) is 1. The van der Waals surface area contributed by atoms with E-state index in [-0.39, 0.29) is 24.8 Å². The highest BCUT2D eigenvalue weighted by molar-refractivity contribution is 7.99. The summed E-state index contributed by atoms with van der Waals surface area (Å²) in [6.07, 6.45) is 2.66. The van der Waals surface area contributed by atoms with E-state index in [4.69, 9.17) is 34.8 Å². The monoisotopic (exact) mass is 514 g/mol. The van der Waals surface area contributed by atoms with E-state index in [0.717, 1.165) is 17.7 Å². The molecule has 4 nitrogen and oxygen atoms in total. The van der Waals surface area contributed by atoms with Gasteiger partial charge in [-0.2, -0.15) is 0 Å². The molecule has 0 radical (unpaired) electrons. The Hall–Kier alpha value is -1.40. The minimum atomic E-state index is -0.591. The molecule has 2 rings (SSSR count). The molecule has 1 atom stereocenters. The zero-order chi connectivity index (χ0) is 23.5. The molecule has 0 unspecified atom stereocenters. The summed E-state index contributed by atoms with van der Waals surface area (Å²) >= 11 is 20.2. The van der Waals surface area contributed by atoms with Gasteiger partial charge in [-0.1, -0.05) is 61.1 Å². The Balaban J connectivity index is 2.16. The molecule has 1 N–H and O–H groups in total. The molecule has 0 aliphatic rings. The van der Waals surface area contributed by atoms with E-state index in [0.29, 0.717) is 39.3 Å². The van der Waals surface area contributed by atoms with Crippen molar-refractivity contribution < 1.29 is 9.59 Å². The number of amides is 2. The number of unbranched alkanes of at least 4 members (excludes halogenated alkanes) is 1. The van der Waals surface area contributed by atoms with Crippen LogP contribution in [0.1, 0.15) is 45.1 Å². The summed E-state index contributed by atoms with van der Waals surface area (Å²) in [5.41, 5.74) is 0.648. The summed E-state index contributed by atoms with van der Waals surface area (Å²) in [5.74, 6) is 0.323. The highest BCUT2D eigenvalue weighted by atomic mass is 35.5. The number of hydrogen-bond donors (Lipinski definition) is 1. The van der Waals surface area contributed by atoms with E-state index in [2.05, 4.69) is 12.2 Å². The van der Waals surface area contributed by atoms with Crippen LogP contribution in [0.25, 0.3) is 0 Å². The summed E-state index contributed by atoms with van der Waals surface area (Å²) in [6.45, 7) is 4.74. The van der Waals surface area contributed by atoms with Gasteiger partial charge in [0, 0.05) is 50.8 Å². The maximum Gasteiger partial charge on any atom is 0.242 e. The van der Waals surface area contributed by atoms with Crippen LogP contribution in [0.15, 0.2) is 47.4 Å². The Labute approximate surface area is 210 Å². The Bertz CT molecular complexity index is 873. The van der Waals surface area contributed by atoms with Crippen LogP contribution in [0.3, 0.4) is 0 Å². The Morgan fingerprint density at radius 2 is 1.69 bits per heavy atom. The van der Waals surface area contributed by atoms with Crippen LogP contribution < -0.4 is 5.32 Å². The number of hydrogen-bond acceptors (Lipinski definition) is 3. The third-order valence-corrected chi connectivity index (χ3v) is 6.98. The molecule has 0 saturated carbocycles. The smallest absolute Gasteiger partial charge is 0.242 e. The Kier molecular flexibility index (Phi) is 11.7. The maximum atomic E-state index is 13.3. The molecule has 0 aliphatic heterocycles. The van der Waals surface area contributed by atoms with Gasteiger partial charge < -0.3 is 10.2 Å². The van der Waals surface area contributed by atoms with Crippen LogP contribution in [0.4, 0.5) is 0 Å². The number of rotatable bonds is 12. The highest BCUT2D eigenvalue weighted by Crippen LogP contribution is 2.28. The van der Waals surface area contributed by atoms with Crippen LogP contribution in [0, 0.1) is 0 Å². The van der Waals surface area contributed by atoms with Crippen molar-refractivity contribution in [2.24, 2.45) is 0 Å². The molecule has 8 heteroatoms. The van der Waals surface area contributed by atoms with Crippen molar-refractivity contribution in [2.45, 2.75) is 57.0 Å². The lowest BCUT2D eigenvalue weighted by atomic mass is 10.1. The van der Waals surface area contributed by atoms with Crippen LogP contribution >= 0.6 is 46.6 Å². The van der Waals surface area contributed by atoms with Gasteiger partial charge in [0.2, 0.25) is 11.8 Å². The molecule has 32 heavy (non-hydrogen) atoms. The lowest BCUT2D eigenvalue weighted by molar-refractivity contribution is -0.141. The normalized spacial score (nSPS) is 11.8. The van der Waals surface area contributed by atoms with E-state index in [1.165, 1.54) is 0 Å². The van der Waals surface area contributed by atoms with Crippen molar-refractivity contribution in [3.8, 4) is 0 Å². The summed E-state index contributed by atoms with van der Waals surface area (Å²) in [6, 6.07) is 12.2. The fourth-order valence-electron chi connectivity index (χ4n) is 3.21. The zero-order valence-electron chi connectivity index (χ0n) is 18.4. The van der Waals surface area contributed by atoms with Gasteiger partial charge in [-0.05, 0) is 49.2 Å². The molecule has 0 fully saturated rings. The molecule has 0 saturated heterocycles. The summed E-state index contributed by atoms with van der Waals surface area (Å²) in [4.78, 5) is 28.8. The highest BCUT2D eigenvalue weighted by Gasteiger charge is 2.29. The van der Waals surface area contributed by atoms with Crippen LogP contribution in [0.5, 0.6) is 0 Å². The van der Waals surface area contributed by atoms with Gasteiger partial charge in [-0.3, -0.25) is 9.59 Å². The van der Waals surface area contributed by atoms with Crippen molar-refractivity contribution >= 4 is 58.4 Å². The van der Waals surface area contributed by atoms with E-state index in [1.54, 1.807) is 34.9 Å². The fourth-order valence-corrected chi connectivity index (χ4v) is 4.69. The minimum Gasteiger partial charge on any atom is -0.354 e. The van der Waals surface area contributed by atoms with E-state index in [9.17, 15) is 9.59 Å². The first-order valence-electron chi connectivity index (χ1n) is 10.8. The average Bonchev–Trinajstić information content (AvgIpc) is 2.77. The number of nitrogens with one attached hydrogen (secondary N) is 1. The van der Waals surface area contributed by atoms with Crippen molar-refractivity contribution in [3.63, 3.8) is 0 Å². The van der Waals surface area contributed by atoms with Crippen LogP contribution in [0.2, 0.25) is 15.1 Å². The van der Waals surface area contributed by atoms with Crippen molar-refractivity contribution in [1.82, 2.24) is 10.2 Å². The zero-order valence-corrected chi connectivity index (χ0v) is 21.5. The van der Waals surface area contributed by atoms with Crippen molar-refractivity contribution in [1.29, 1.82) is 0 Å². The molecular formula is C24H29Cl3N2O2S. The van der Waals surface area contributed by atoms with E-state index in [1.807, 2.05) is 31.2 Å². The average molecular weight is 516 g/mol. The number of thioether (sulfide) groups is 1. The topological polar surface area (TPSA) is 49.4 Å². The second-order valence-electron chi connectivity index (χ2n) is 7.34. The van der Waals surface area contributed by atoms with Gasteiger partial charge >= 0.3 is 0 Å². The third-order valence-electron chi connectivity index (χ3n) is 5.00. The second-order valence-corrected chi connectivity index (χ2v) is 9.76. The predicted octanol–water partition coefficient (Wildman–Crippen LogP) is 6.85. The van der Waals surface area contributed by atoms with E-state index >= 15 is 0 Å². The SMILES string of the molecule is CCCCNC(=O)[C@H](CC)N(Cc1c(Cl)cccc1Cl)C(=O)CCSc1ccc(Cl)cc1. The standard InChI is InChI=1S/C24H29Cl3N2O2S/c1-3-5-14-28-24(31)22(4-2)29(16-19-20(26)7-6-8-21(19)27)23(30)13-15-32-18-11-9-17(25)10-12-18/h6-12,22H,3-5,13-16H2,1-2H3,(H,28,31)/t22-/m0/s1. The van der Waals surface area contributed by atoms with Crippen molar-refractivity contribution in [2.75, 3.05) is 12.3 Å². The molecule has 174 valence electrons. The van der Waals surface area contributed by atoms with Gasteiger partial charge in [0.25, 0.3) is 0 Å². The van der Waals surface area contributed by atoms with Gasteiger partial charge in [-0.25, -0.2) is 0 Å². The number of carbonyl (C=O) groups is 2. The third kappa shape index (κ3) is 8.18. The predicted molar refractivity (Wildman–Crippen MR) is 136 cm³/mol. The fraction of sp³-hybridized carbons (Fsp3) is 0.417. The summed E-state index contributed by atoms with van der Waals surface area (Å²) < 4.78 is 0. The number of benzene rings is 2. The number of carbonyl (C=O) groups excluding carboxylic acids is 2. The first-order chi connectivity index (χ1) is 15.4. The first-order valence-corrected chi connectivity index (χ1v) is 12.9. The van der Waals surface area contributed by atoms with Gasteiger partial charge in [0.05, 0.1) is 0 Å². The first kappa shape index (κ1) is 26.8. The summed E-state index contributed by atoms with van der Waals surface area (Å²) in [5, 5.41) is 4.59.